The minimum Gasteiger partial charge on any atom is -0.545 e. The molecule has 0 bridgehead atoms. The fourth-order valence-electron chi connectivity index (χ4n) is 7.09. The van der Waals surface area contributed by atoms with Gasteiger partial charge in [0.2, 0.25) is 0 Å². The van der Waals surface area contributed by atoms with Crippen LogP contribution in [0, 0.1) is 0 Å². The lowest BCUT2D eigenvalue weighted by molar-refractivity contribution is -0.870. The molecule has 2 unspecified atom stereocenters. The SMILES string of the molecule is CC/C=C\C/C=C\C/C=C\C/C=C\C/C=C\C/C=C\C/C=C\CCCCCC(=O)OC(COC(=O)CCCCCCCCCCCC/C=C\C/C=C\C/C=C\C/C=C\CC)COC(OCC[N+](C)(C)C)C(=O)[O-]. The molecule has 9 nitrogen and oxygen atoms in total. The van der Waals surface area contributed by atoms with Gasteiger partial charge in [-0.05, 0) is 109 Å². The van der Waals surface area contributed by atoms with Crippen LogP contribution in [0.3, 0.4) is 0 Å². The Hall–Kier alpha value is -4.57. The summed E-state index contributed by atoms with van der Waals surface area (Å²) >= 11 is 0. The van der Waals surface area contributed by atoms with E-state index in [9.17, 15) is 19.5 Å². The summed E-state index contributed by atoms with van der Waals surface area (Å²) in [6.07, 6.45) is 73.5. The zero-order valence-corrected chi connectivity index (χ0v) is 46.7. The molecule has 73 heavy (non-hydrogen) atoms. The number of allylic oxidation sites excluding steroid dienone is 22. The van der Waals surface area contributed by atoms with Gasteiger partial charge in [0.15, 0.2) is 12.4 Å². The number of rotatable bonds is 50. The van der Waals surface area contributed by atoms with Crippen molar-refractivity contribution in [3.8, 4) is 0 Å². The minimum absolute atomic E-state index is 0.132. The number of quaternary nitrogens is 1. The number of nitrogens with zero attached hydrogens (tertiary/aromatic N) is 1. The zero-order chi connectivity index (χ0) is 53.4. The van der Waals surface area contributed by atoms with Gasteiger partial charge in [-0.1, -0.05) is 205 Å². The van der Waals surface area contributed by atoms with Gasteiger partial charge in [0.05, 0.1) is 40.3 Å². The molecule has 0 rings (SSSR count). The van der Waals surface area contributed by atoms with Crippen molar-refractivity contribution in [2.45, 2.75) is 206 Å². The van der Waals surface area contributed by atoms with Gasteiger partial charge in [-0.25, -0.2) is 0 Å². The Morgan fingerprint density at radius 1 is 0.411 bits per heavy atom. The molecule has 0 aliphatic heterocycles. The van der Waals surface area contributed by atoms with Crippen molar-refractivity contribution in [3.05, 3.63) is 134 Å². The van der Waals surface area contributed by atoms with Crippen LogP contribution in [0.15, 0.2) is 134 Å². The van der Waals surface area contributed by atoms with E-state index >= 15 is 0 Å². The number of ether oxygens (including phenoxy) is 4. The Bertz CT molecular complexity index is 1650. The lowest BCUT2D eigenvalue weighted by Gasteiger charge is -2.26. The number of likely N-dealkylation sites (N-methyl/N-ethyl adjacent to an activating group) is 1. The number of carbonyl (C=O) groups is 3. The highest BCUT2D eigenvalue weighted by atomic mass is 16.7. The van der Waals surface area contributed by atoms with E-state index in [2.05, 4.69) is 148 Å². The Morgan fingerprint density at radius 3 is 1.11 bits per heavy atom. The van der Waals surface area contributed by atoms with Crippen LogP contribution in [-0.2, 0) is 33.3 Å². The van der Waals surface area contributed by atoms with Gasteiger partial charge in [0.25, 0.3) is 0 Å². The molecule has 412 valence electrons. The van der Waals surface area contributed by atoms with Crippen molar-refractivity contribution in [1.82, 2.24) is 0 Å². The standard InChI is InChI=1S/C64H103NO8/c1-6-8-10-12-14-16-18-20-22-24-26-28-30-31-33-35-37-39-41-43-45-47-49-51-53-55-62(67)73-60(59-72-64(63(68)69)70-57-56-65(3,4)5)58-71-61(66)54-52-50-48-46-44-42-40-38-36-34-32-29-27-25-23-21-19-17-15-13-11-9-7-2/h8-11,14-17,20-23,26-29,31,33,37,39,43,45,60,64H,6-7,12-13,18-19,24-25,30,32,34-36,38,40-42,44,46-59H2,1-5H3/b10-8-,11-9-,16-14-,17-15-,22-20-,23-21-,28-26-,29-27-,33-31-,39-37-,45-43-. The summed E-state index contributed by atoms with van der Waals surface area (Å²) in [7, 11) is 5.89. The number of carbonyl (C=O) groups excluding carboxylic acids is 3. The molecule has 0 aromatic heterocycles. The van der Waals surface area contributed by atoms with E-state index in [-0.39, 0.29) is 38.6 Å². The van der Waals surface area contributed by atoms with Gasteiger partial charge in [-0.3, -0.25) is 9.59 Å². The smallest absolute Gasteiger partial charge is 0.306 e. The van der Waals surface area contributed by atoms with E-state index in [1.165, 1.54) is 38.5 Å². The number of carboxylic acid groups (broad SMARTS) is 1. The molecule has 0 heterocycles. The van der Waals surface area contributed by atoms with Crippen LogP contribution < -0.4 is 5.11 Å². The lowest BCUT2D eigenvalue weighted by atomic mass is 10.1. The molecular formula is C64H103NO8. The third-order valence-electron chi connectivity index (χ3n) is 11.4. The van der Waals surface area contributed by atoms with Crippen LogP contribution in [0.4, 0.5) is 0 Å². The van der Waals surface area contributed by atoms with Crippen LogP contribution in [0.2, 0.25) is 0 Å². The summed E-state index contributed by atoms with van der Waals surface area (Å²) in [6, 6.07) is 0. The van der Waals surface area contributed by atoms with Crippen molar-refractivity contribution in [2.75, 3.05) is 47.5 Å². The first kappa shape index (κ1) is 68.4. The average molecular weight is 1010 g/mol. The molecule has 9 heteroatoms. The van der Waals surface area contributed by atoms with Crippen LogP contribution in [-0.4, -0.2) is 82.3 Å². The van der Waals surface area contributed by atoms with E-state index < -0.39 is 24.3 Å². The third kappa shape index (κ3) is 55.0. The Kier molecular flexibility index (Phi) is 50.4. The number of unbranched alkanes of at least 4 members (excludes halogenated alkanes) is 13. The molecule has 0 fully saturated rings. The van der Waals surface area contributed by atoms with Gasteiger partial charge in [-0.2, -0.15) is 0 Å². The highest BCUT2D eigenvalue weighted by Crippen LogP contribution is 2.14. The normalized spacial score (nSPS) is 13.8. The first-order valence-corrected chi connectivity index (χ1v) is 28.3. The number of carboxylic acids is 1. The summed E-state index contributed by atoms with van der Waals surface area (Å²) in [6.45, 7) is 4.45. The molecule has 0 aliphatic rings. The summed E-state index contributed by atoms with van der Waals surface area (Å²) in [5.74, 6) is -2.35. The maximum Gasteiger partial charge on any atom is 0.306 e. The molecule has 0 saturated carbocycles. The topological polar surface area (TPSA) is 111 Å². The molecule has 0 spiro atoms. The van der Waals surface area contributed by atoms with Gasteiger partial charge >= 0.3 is 11.9 Å². The Morgan fingerprint density at radius 2 is 0.740 bits per heavy atom. The zero-order valence-electron chi connectivity index (χ0n) is 46.7. The predicted molar refractivity (Wildman–Crippen MR) is 306 cm³/mol. The summed E-state index contributed by atoms with van der Waals surface area (Å²) in [5, 5.41) is 11.8. The highest BCUT2D eigenvalue weighted by molar-refractivity contribution is 5.70. The molecule has 0 N–H and O–H groups in total. The van der Waals surface area contributed by atoms with E-state index in [1.54, 1.807) is 0 Å². The lowest BCUT2D eigenvalue weighted by Crippen LogP contribution is -2.44. The number of aliphatic carboxylic acids is 1. The second-order valence-corrected chi connectivity index (χ2v) is 19.5. The summed E-state index contributed by atoms with van der Waals surface area (Å²) in [5.41, 5.74) is 0. The van der Waals surface area contributed by atoms with Gasteiger partial charge < -0.3 is 33.3 Å². The van der Waals surface area contributed by atoms with Crippen LogP contribution in [0.1, 0.15) is 194 Å². The van der Waals surface area contributed by atoms with Crippen molar-refractivity contribution in [1.29, 1.82) is 0 Å². The van der Waals surface area contributed by atoms with Crippen LogP contribution >= 0.6 is 0 Å². The second-order valence-electron chi connectivity index (χ2n) is 19.5. The number of hydrogen-bond donors (Lipinski definition) is 0. The monoisotopic (exact) mass is 1010 g/mol. The molecule has 0 aliphatic carbocycles. The minimum atomic E-state index is -1.64. The van der Waals surface area contributed by atoms with Crippen molar-refractivity contribution in [3.63, 3.8) is 0 Å². The van der Waals surface area contributed by atoms with E-state index in [0.717, 1.165) is 122 Å². The van der Waals surface area contributed by atoms with Crippen LogP contribution in [0.5, 0.6) is 0 Å². The maximum absolute atomic E-state index is 12.9. The average Bonchev–Trinajstić information content (AvgIpc) is 3.36. The van der Waals surface area contributed by atoms with E-state index in [1.807, 2.05) is 21.1 Å². The first-order chi connectivity index (χ1) is 35.6. The first-order valence-electron chi connectivity index (χ1n) is 28.3. The van der Waals surface area contributed by atoms with E-state index in [4.69, 9.17) is 18.9 Å². The quantitative estimate of drug-likeness (QED) is 0.0195. The molecule has 2 atom stereocenters. The van der Waals surface area contributed by atoms with Crippen LogP contribution in [0.25, 0.3) is 0 Å². The third-order valence-corrected chi connectivity index (χ3v) is 11.4. The predicted octanol–water partition coefficient (Wildman–Crippen LogP) is 15.3. The molecule has 0 amide bonds. The Labute approximate surface area is 446 Å². The van der Waals surface area contributed by atoms with Gasteiger partial charge in [-0.15, -0.1) is 0 Å². The second kappa shape index (κ2) is 53.7. The summed E-state index contributed by atoms with van der Waals surface area (Å²) in [4.78, 5) is 37.3. The van der Waals surface area contributed by atoms with Crippen molar-refractivity contribution < 1.29 is 42.9 Å². The Balaban J connectivity index is 4.39. The fraction of sp³-hybridized carbons (Fsp3) is 0.609. The molecule has 0 aromatic rings. The van der Waals surface area contributed by atoms with E-state index in [0.29, 0.717) is 17.4 Å². The molecule has 0 radical (unpaired) electrons. The van der Waals surface area contributed by atoms with Gasteiger partial charge in [0, 0.05) is 12.8 Å². The highest BCUT2D eigenvalue weighted by Gasteiger charge is 2.22. The maximum atomic E-state index is 12.9. The van der Waals surface area contributed by atoms with Crippen molar-refractivity contribution >= 4 is 17.9 Å². The molecular weight excluding hydrogens is 911 g/mol. The summed E-state index contributed by atoms with van der Waals surface area (Å²) < 4.78 is 22.6. The van der Waals surface area contributed by atoms with Gasteiger partial charge in [0.1, 0.15) is 13.2 Å². The number of hydrogen-bond acceptors (Lipinski definition) is 8. The largest absolute Gasteiger partial charge is 0.545 e. The van der Waals surface area contributed by atoms with Crippen molar-refractivity contribution in [2.24, 2.45) is 0 Å². The fourth-order valence-corrected chi connectivity index (χ4v) is 7.09. The molecule has 0 saturated heterocycles. The number of esters is 2. The molecule has 0 aromatic carbocycles.